The van der Waals surface area contributed by atoms with Gasteiger partial charge in [0.1, 0.15) is 18.2 Å². The van der Waals surface area contributed by atoms with Gasteiger partial charge >= 0.3 is 0 Å². The van der Waals surface area contributed by atoms with Crippen molar-refractivity contribution in [1.29, 1.82) is 0 Å². The van der Waals surface area contributed by atoms with E-state index in [0.29, 0.717) is 25.3 Å². The molecule has 1 amide bonds. The number of aliphatic hydroxyl groups excluding tert-OH is 1. The van der Waals surface area contributed by atoms with Gasteiger partial charge in [-0.25, -0.2) is 4.98 Å². The lowest BCUT2D eigenvalue weighted by molar-refractivity contribution is -0.142. The Labute approximate surface area is 163 Å². The highest BCUT2D eigenvalue weighted by molar-refractivity contribution is 5.81. The van der Waals surface area contributed by atoms with Crippen molar-refractivity contribution in [3.63, 3.8) is 0 Å². The molecule has 1 aliphatic rings. The predicted molar refractivity (Wildman–Crippen MR) is 104 cm³/mol. The van der Waals surface area contributed by atoms with E-state index < -0.39 is 6.10 Å². The normalized spacial score (nSPS) is 14.4. The van der Waals surface area contributed by atoms with Crippen molar-refractivity contribution >= 4 is 5.91 Å². The molecule has 28 heavy (non-hydrogen) atoms. The van der Waals surface area contributed by atoms with Crippen LogP contribution in [-0.2, 0) is 17.8 Å². The van der Waals surface area contributed by atoms with Crippen molar-refractivity contribution in [1.82, 2.24) is 19.9 Å². The number of pyridine rings is 1. The SMILES string of the molecule is Cc1ccccc1OC[C@@H](O)C(=O)N1CCc2nc(-c3cccnc3)[nH]c2C1. The van der Waals surface area contributed by atoms with Crippen molar-refractivity contribution in [3.8, 4) is 17.1 Å². The van der Waals surface area contributed by atoms with Crippen LogP contribution in [-0.4, -0.2) is 50.1 Å². The van der Waals surface area contributed by atoms with Gasteiger partial charge in [0, 0.05) is 30.9 Å². The lowest BCUT2D eigenvalue weighted by atomic mass is 10.1. The van der Waals surface area contributed by atoms with Crippen LogP contribution in [0.3, 0.4) is 0 Å². The molecule has 0 bridgehead atoms. The number of rotatable bonds is 5. The molecule has 144 valence electrons. The molecule has 7 heteroatoms. The molecule has 0 fully saturated rings. The molecule has 1 aliphatic heterocycles. The highest BCUT2D eigenvalue weighted by Crippen LogP contribution is 2.23. The summed E-state index contributed by atoms with van der Waals surface area (Å²) >= 11 is 0. The van der Waals surface area contributed by atoms with E-state index in [9.17, 15) is 9.90 Å². The fraction of sp³-hybridized carbons (Fsp3) is 0.286. The zero-order valence-electron chi connectivity index (χ0n) is 15.6. The Balaban J connectivity index is 1.40. The van der Waals surface area contributed by atoms with Gasteiger partial charge in [-0.05, 0) is 30.7 Å². The van der Waals surface area contributed by atoms with Crippen molar-refractivity contribution in [2.24, 2.45) is 0 Å². The van der Waals surface area contributed by atoms with Gasteiger partial charge in [0.05, 0.1) is 17.9 Å². The van der Waals surface area contributed by atoms with E-state index in [0.717, 1.165) is 28.3 Å². The largest absolute Gasteiger partial charge is 0.490 e. The lowest BCUT2D eigenvalue weighted by Crippen LogP contribution is -2.44. The summed E-state index contributed by atoms with van der Waals surface area (Å²) < 4.78 is 5.62. The number of amides is 1. The van der Waals surface area contributed by atoms with E-state index in [1.165, 1.54) is 0 Å². The fourth-order valence-corrected chi connectivity index (χ4v) is 3.29. The molecule has 1 aromatic carbocycles. The van der Waals surface area contributed by atoms with Crippen LogP contribution in [0.15, 0.2) is 48.8 Å². The first-order chi connectivity index (χ1) is 13.6. The topological polar surface area (TPSA) is 91.3 Å². The smallest absolute Gasteiger partial charge is 0.255 e. The van der Waals surface area contributed by atoms with Gasteiger partial charge in [-0.1, -0.05) is 18.2 Å². The number of carbonyl (C=O) groups is 1. The van der Waals surface area contributed by atoms with Crippen LogP contribution in [0.1, 0.15) is 17.0 Å². The van der Waals surface area contributed by atoms with Crippen LogP contribution in [0.25, 0.3) is 11.4 Å². The molecule has 3 aromatic rings. The van der Waals surface area contributed by atoms with Crippen molar-refractivity contribution < 1.29 is 14.6 Å². The van der Waals surface area contributed by atoms with Gasteiger partial charge in [-0.2, -0.15) is 0 Å². The molecule has 0 saturated heterocycles. The summed E-state index contributed by atoms with van der Waals surface area (Å²) in [5, 5.41) is 10.3. The predicted octanol–water partition coefficient (Wildman–Crippen LogP) is 2.10. The third-order valence-corrected chi connectivity index (χ3v) is 4.85. The Bertz CT molecular complexity index is 971. The van der Waals surface area contributed by atoms with E-state index in [1.807, 2.05) is 43.3 Å². The minimum Gasteiger partial charge on any atom is -0.490 e. The molecule has 0 spiro atoms. The van der Waals surface area contributed by atoms with Gasteiger partial charge in [0.15, 0.2) is 6.10 Å². The summed E-state index contributed by atoms with van der Waals surface area (Å²) in [6.45, 7) is 2.76. The van der Waals surface area contributed by atoms with Gasteiger partial charge < -0.3 is 19.7 Å². The number of aromatic amines is 1. The second kappa shape index (κ2) is 7.82. The summed E-state index contributed by atoms with van der Waals surface area (Å²) in [5.74, 6) is 1.08. The second-order valence-corrected chi connectivity index (χ2v) is 6.85. The van der Waals surface area contributed by atoms with Crippen LogP contribution in [0.5, 0.6) is 5.75 Å². The number of imidazole rings is 1. The lowest BCUT2D eigenvalue weighted by Gasteiger charge is -2.28. The molecule has 4 rings (SSSR count). The Hall–Kier alpha value is -3.19. The second-order valence-electron chi connectivity index (χ2n) is 6.85. The maximum atomic E-state index is 12.6. The van der Waals surface area contributed by atoms with Crippen molar-refractivity contribution in [2.75, 3.05) is 13.2 Å². The number of aryl methyl sites for hydroxylation is 1. The summed E-state index contributed by atoms with van der Waals surface area (Å²) in [4.78, 5) is 26.3. The van der Waals surface area contributed by atoms with E-state index in [-0.39, 0.29) is 12.5 Å². The van der Waals surface area contributed by atoms with Gasteiger partial charge in [0.25, 0.3) is 5.91 Å². The number of carbonyl (C=O) groups excluding carboxylic acids is 1. The standard InChI is InChI=1S/C21H22N4O3/c1-14-5-2-3-7-19(14)28-13-18(26)21(27)25-10-8-16-17(12-25)24-20(23-16)15-6-4-9-22-11-15/h2-7,9,11,18,26H,8,10,12-13H2,1H3,(H,23,24)/t18-/m1/s1. The Morgan fingerprint density at radius 3 is 2.96 bits per heavy atom. The van der Waals surface area contributed by atoms with E-state index in [4.69, 9.17) is 4.74 Å². The molecule has 2 aromatic heterocycles. The van der Waals surface area contributed by atoms with Crippen LogP contribution in [0, 0.1) is 6.92 Å². The first-order valence-electron chi connectivity index (χ1n) is 9.25. The zero-order valence-corrected chi connectivity index (χ0v) is 15.6. The monoisotopic (exact) mass is 378 g/mol. The summed E-state index contributed by atoms with van der Waals surface area (Å²) in [5.41, 5.74) is 3.71. The molecule has 2 N–H and O–H groups in total. The van der Waals surface area contributed by atoms with Crippen LogP contribution >= 0.6 is 0 Å². The molecule has 7 nitrogen and oxygen atoms in total. The minimum atomic E-state index is -1.21. The number of para-hydroxylation sites is 1. The molecule has 1 atom stereocenters. The average molecular weight is 378 g/mol. The van der Waals surface area contributed by atoms with E-state index in [2.05, 4.69) is 15.0 Å². The number of hydrogen-bond acceptors (Lipinski definition) is 5. The van der Waals surface area contributed by atoms with Gasteiger partial charge in [-0.15, -0.1) is 0 Å². The first-order valence-corrected chi connectivity index (χ1v) is 9.25. The molecule has 3 heterocycles. The number of H-pyrrole nitrogens is 1. The highest BCUT2D eigenvalue weighted by atomic mass is 16.5. The fourth-order valence-electron chi connectivity index (χ4n) is 3.29. The number of nitrogens with one attached hydrogen (secondary N) is 1. The maximum Gasteiger partial charge on any atom is 0.255 e. The molecular formula is C21H22N4O3. The Morgan fingerprint density at radius 1 is 1.32 bits per heavy atom. The van der Waals surface area contributed by atoms with Crippen molar-refractivity contribution in [3.05, 3.63) is 65.7 Å². The quantitative estimate of drug-likeness (QED) is 0.710. The summed E-state index contributed by atoms with van der Waals surface area (Å²) in [6.07, 6.45) is 2.90. The van der Waals surface area contributed by atoms with E-state index >= 15 is 0 Å². The molecular weight excluding hydrogens is 356 g/mol. The number of aliphatic hydroxyl groups is 1. The van der Waals surface area contributed by atoms with Crippen LogP contribution < -0.4 is 4.74 Å². The number of aromatic nitrogens is 3. The number of hydrogen-bond donors (Lipinski definition) is 2. The number of fused-ring (bicyclic) bond motifs is 1. The summed E-state index contributed by atoms with van der Waals surface area (Å²) in [6, 6.07) is 11.3. The summed E-state index contributed by atoms with van der Waals surface area (Å²) in [7, 11) is 0. The third-order valence-electron chi connectivity index (χ3n) is 4.85. The van der Waals surface area contributed by atoms with Gasteiger partial charge in [0.2, 0.25) is 0 Å². The Morgan fingerprint density at radius 2 is 2.18 bits per heavy atom. The number of ether oxygens (including phenoxy) is 1. The molecule has 0 unspecified atom stereocenters. The Kier molecular flexibility index (Phi) is 5.08. The average Bonchev–Trinajstić information content (AvgIpc) is 3.16. The molecule has 0 radical (unpaired) electrons. The molecule has 0 saturated carbocycles. The van der Waals surface area contributed by atoms with Gasteiger partial charge in [-0.3, -0.25) is 9.78 Å². The van der Waals surface area contributed by atoms with Crippen molar-refractivity contribution in [2.45, 2.75) is 26.0 Å². The highest BCUT2D eigenvalue weighted by Gasteiger charge is 2.28. The number of benzene rings is 1. The van der Waals surface area contributed by atoms with Crippen LogP contribution in [0.2, 0.25) is 0 Å². The third kappa shape index (κ3) is 3.75. The number of nitrogens with zero attached hydrogens (tertiary/aromatic N) is 3. The van der Waals surface area contributed by atoms with Crippen LogP contribution in [0.4, 0.5) is 0 Å². The first kappa shape index (κ1) is 18.2. The minimum absolute atomic E-state index is 0.0725. The van der Waals surface area contributed by atoms with E-state index in [1.54, 1.807) is 17.3 Å². The maximum absolute atomic E-state index is 12.6. The molecule has 0 aliphatic carbocycles. The zero-order chi connectivity index (χ0) is 19.5.